The minimum Gasteiger partial charge on any atom is -0.494 e. The van der Waals surface area contributed by atoms with E-state index in [0.717, 1.165) is 40.5 Å². The molecule has 3 rings (SSSR count). The highest BCUT2D eigenvalue weighted by Gasteiger charge is 2.28. The lowest BCUT2D eigenvalue weighted by atomic mass is 10.1. The van der Waals surface area contributed by atoms with Gasteiger partial charge in [0.1, 0.15) is 16.5 Å². The van der Waals surface area contributed by atoms with E-state index in [9.17, 15) is 4.79 Å². The summed E-state index contributed by atoms with van der Waals surface area (Å²) in [4.78, 5) is 22.1. The number of nitrogens with zero attached hydrogens (tertiary/aromatic N) is 2. The summed E-state index contributed by atoms with van der Waals surface area (Å²) in [5, 5.41) is 3.71. The van der Waals surface area contributed by atoms with Crippen LogP contribution >= 0.6 is 11.8 Å². The van der Waals surface area contributed by atoms with Crippen molar-refractivity contribution in [3.63, 3.8) is 0 Å². The third-order valence-corrected chi connectivity index (χ3v) is 6.12. The van der Waals surface area contributed by atoms with Gasteiger partial charge in [0.15, 0.2) is 11.5 Å². The number of para-hydroxylation sites is 1. The molecule has 0 fully saturated rings. The zero-order valence-corrected chi connectivity index (χ0v) is 21.3. The average molecular weight is 484 g/mol. The van der Waals surface area contributed by atoms with Crippen LogP contribution in [0.2, 0.25) is 0 Å². The Hall–Kier alpha value is -3.00. The summed E-state index contributed by atoms with van der Waals surface area (Å²) < 4.78 is 16.5. The molecule has 0 bridgehead atoms. The molecule has 1 amide bonds. The summed E-state index contributed by atoms with van der Waals surface area (Å²) in [5.74, 6) is 2.23. The number of hydrogen-bond acceptors (Lipinski definition) is 7. The first-order chi connectivity index (χ1) is 16.4. The minimum atomic E-state index is -0.557. The molecule has 1 heterocycles. The van der Waals surface area contributed by atoms with Gasteiger partial charge >= 0.3 is 0 Å². The van der Waals surface area contributed by atoms with Gasteiger partial charge in [0.2, 0.25) is 5.91 Å². The molecule has 0 radical (unpaired) electrons. The Morgan fingerprint density at radius 2 is 1.82 bits per heavy atom. The number of thioether (sulfide) groups is 1. The molecule has 8 heteroatoms. The van der Waals surface area contributed by atoms with Gasteiger partial charge in [-0.05, 0) is 50.6 Å². The minimum absolute atomic E-state index is 0.0960. The normalized spacial score (nSPS) is 14.3. The molecule has 0 spiro atoms. The molecule has 2 aromatic rings. The van der Waals surface area contributed by atoms with Crippen LogP contribution in [0.3, 0.4) is 0 Å². The van der Waals surface area contributed by atoms with Gasteiger partial charge in [-0.2, -0.15) is 0 Å². The Bertz CT molecular complexity index is 1050. The molecule has 182 valence electrons. The van der Waals surface area contributed by atoms with Crippen molar-refractivity contribution in [1.29, 1.82) is 0 Å². The summed E-state index contributed by atoms with van der Waals surface area (Å²) in [6.45, 7) is 7.11. The number of amides is 1. The van der Waals surface area contributed by atoms with Gasteiger partial charge in [-0.3, -0.25) is 9.79 Å². The zero-order chi connectivity index (χ0) is 24.6. The number of carbonyl (C=O) groups is 1. The van der Waals surface area contributed by atoms with Crippen molar-refractivity contribution < 1.29 is 19.0 Å². The van der Waals surface area contributed by atoms with Gasteiger partial charge in [0.05, 0.1) is 32.3 Å². The number of ether oxygens (including phenoxy) is 3. The Kier molecular flexibility index (Phi) is 8.98. The lowest BCUT2D eigenvalue weighted by Gasteiger charge is -2.13. The standard InChI is InChI=1S/C26H33N3O4S/c1-6-7-15-33-20-13-11-18(12-14-20)23-25(29-26(2,3)28-23)34-17-22(30)27-16-19-9-8-10-21(31-4)24(19)32-5/h8-14H,6-7,15-17H2,1-5H3,(H,27,30). The molecule has 2 aromatic carbocycles. The number of benzene rings is 2. The van der Waals surface area contributed by atoms with E-state index in [2.05, 4.69) is 12.2 Å². The lowest BCUT2D eigenvalue weighted by molar-refractivity contribution is -0.118. The van der Waals surface area contributed by atoms with E-state index in [1.165, 1.54) is 11.8 Å². The van der Waals surface area contributed by atoms with Crippen molar-refractivity contribution in [2.75, 3.05) is 26.6 Å². The smallest absolute Gasteiger partial charge is 0.230 e. The monoisotopic (exact) mass is 483 g/mol. The lowest BCUT2D eigenvalue weighted by Crippen LogP contribution is -2.26. The molecule has 0 saturated carbocycles. The highest BCUT2D eigenvalue weighted by molar-refractivity contribution is 8.16. The zero-order valence-electron chi connectivity index (χ0n) is 20.5. The largest absolute Gasteiger partial charge is 0.494 e. The van der Waals surface area contributed by atoms with Gasteiger partial charge in [-0.1, -0.05) is 37.2 Å². The summed E-state index contributed by atoms with van der Waals surface area (Å²) in [7, 11) is 3.18. The molecule has 34 heavy (non-hydrogen) atoms. The third kappa shape index (κ3) is 6.76. The first kappa shape index (κ1) is 25.6. The van der Waals surface area contributed by atoms with Crippen molar-refractivity contribution in [2.24, 2.45) is 9.98 Å². The highest BCUT2D eigenvalue weighted by atomic mass is 32.2. The predicted octanol–water partition coefficient (Wildman–Crippen LogP) is 4.87. The van der Waals surface area contributed by atoms with E-state index < -0.39 is 5.66 Å². The van der Waals surface area contributed by atoms with Crippen LogP contribution < -0.4 is 19.5 Å². The van der Waals surface area contributed by atoms with Crippen molar-refractivity contribution in [3.05, 3.63) is 53.6 Å². The first-order valence-electron chi connectivity index (χ1n) is 11.4. The molecule has 0 aliphatic carbocycles. The quantitative estimate of drug-likeness (QED) is 0.461. The van der Waals surface area contributed by atoms with Crippen molar-refractivity contribution >= 4 is 28.4 Å². The number of hydrogen-bond donors (Lipinski definition) is 1. The molecule has 0 atom stereocenters. The van der Waals surface area contributed by atoms with E-state index in [1.54, 1.807) is 14.2 Å². The molecule has 1 N–H and O–H groups in total. The summed E-state index contributed by atoms with van der Waals surface area (Å²) in [6.07, 6.45) is 2.13. The second-order valence-corrected chi connectivity index (χ2v) is 9.28. The second kappa shape index (κ2) is 11.9. The Morgan fingerprint density at radius 3 is 2.50 bits per heavy atom. The summed E-state index contributed by atoms with van der Waals surface area (Å²) in [5.41, 5.74) is 2.06. The fraction of sp³-hybridized carbons (Fsp3) is 0.423. The number of nitrogens with one attached hydrogen (secondary N) is 1. The molecule has 0 aromatic heterocycles. The number of rotatable bonds is 11. The van der Waals surface area contributed by atoms with Crippen LogP contribution in [-0.2, 0) is 11.3 Å². The SMILES string of the molecule is CCCCOc1ccc(C2=NC(C)(C)N=C2SCC(=O)NCc2cccc(OC)c2OC)cc1. The topological polar surface area (TPSA) is 81.5 Å². The van der Waals surface area contributed by atoms with Crippen LogP contribution in [0.25, 0.3) is 0 Å². The van der Waals surface area contributed by atoms with Gasteiger partial charge in [-0.15, -0.1) is 0 Å². The molecule has 0 saturated heterocycles. The van der Waals surface area contributed by atoms with E-state index in [4.69, 9.17) is 24.2 Å². The summed E-state index contributed by atoms with van der Waals surface area (Å²) in [6, 6.07) is 13.5. The maximum absolute atomic E-state index is 12.6. The third-order valence-electron chi connectivity index (χ3n) is 5.16. The maximum Gasteiger partial charge on any atom is 0.230 e. The van der Waals surface area contributed by atoms with Crippen molar-refractivity contribution in [2.45, 2.75) is 45.8 Å². The first-order valence-corrected chi connectivity index (χ1v) is 12.4. The maximum atomic E-state index is 12.6. The van der Waals surface area contributed by atoms with Crippen LogP contribution in [0.1, 0.15) is 44.7 Å². The number of carbonyl (C=O) groups excluding carboxylic acids is 1. The van der Waals surface area contributed by atoms with Crippen LogP contribution in [0.4, 0.5) is 0 Å². The molecular weight excluding hydrogens is 450 g/mol. The fourth-order valence-electron chi connectivity index (χ4n) is 3.45. The molecule has 0 unspecified atom stereocenters. The molecule has 1 aliphatic heterocycles. The van der Waals surface area contributed by atoms with E-state index in [0.29, 0.717) is 24.7 Å². The molecule has 1 aliphatic rings. The Balaban J connectivity index is 1.60. The second-order valence-electron chi connectivity index (χ2n) is 8.32. The van der Waals surface area contributed by atoms with Gasteiger partial charge in [0, 0.05) is 17.7 Å². The summed E-state index contributed by atoms with van der Waals surface area (Å²) >= 11 is 1.39. The number of unbranched alkanes of at least 4 members (excludes halogenated alkanes) is 1. The predicted molar refractivity (Wildman–Crippen MR) is 139 cm³/mol. The van der Waals surface area contributed by atoms with Crippen LogP contribution in [0, 0.1) is 0 Å². The van der Waals surface area contributed by atoms with Gasteiger partial charge < -0.3 is 19.5 Å². The van der Waals surface area contributed by atoms with Crippen LogP contribution in [-0.4, -0.2) is 48.9 Å². The molecule has 7 nitrogen and oxygen atoms in total. The Labute approximate surface area is 206 Å². The van der Waals surface area contributed by atoms with Crippen LogP contribution in [0.5, 0.6) is 17.2 Å². The highest BCUT2D eigenvalue weighted by Crippen LogP contribution is 2.31. The van der Waals surface area contributed by atoms with Gasteiger partial charge in [0.25, 0.3) is 0 Å². The molecular formula is C26H33N3O4S. The van der Waals surface area contributed by atoms with E-state index in [-0.39, 0.29) is 11.7 Å². The number of aliphatic imine (C=N–C) groups is 2. The van der Waals surface area contributed by atoms with Crippen LogP contribution in [0.15, 0.2) is 52.4 Å². The van der Waals surface area contributed by atoms with Crippen molar-refractivity contribution in [1.82, 2.24) is 5.32 Å². The number of methoxy groups -OCH3 is 2. The van der Waals surface area contributed by atoms with E-state index in [1.807, 2.05) is 56.3 Å². The Morgan fingerprint density at radius 1 is 1.06 bits per heavy atom. The average Bonchev–Trinajstić information content (AvgIpc) is 3.15. The van der Waals surface area contributed by atoms with Gasteiger partial charge in [-0.25, -0.2) is 4.99 Å². The fourth-order valence-corrected chi connectivity index (χ4v) is 4.41. The van der Waals surface area contributed by atoms with Crippen molar-refractivity contribution in [3.8, 4) is 17.2 Å². The van der Waals surface area contributed by atoms with E-state index >= 15 is 0 Å².